The Morgan fingerprint density at radius 2 is 1.88 bits per heavy atom. The summed E-state index contributed by atoms with van der Waals surface area (Å²) in [5, 5.41) is 15.0. The number of halogens is 3. The van der Waals surface area contributed by atoms with Gasteiger partial charge in [-0.25, -0.2) is 0 Å². The minimum Gasteiger partial charge on any atom is -0.481 e. The van der Waals surface area contributed by atoms with Crippen LogP contribution in [0.1, 0.15) is 35.6 Å². The van der Waals surface area contributed by atoms with Gasteiger partial charge in [0, 0.05) is 18.4 Å². The molecule has 0 bridgehead atoms. The molecule has 0 spiro atoms. The number of hydrogen-bond donors (Lipinski definition) is 2. The molecule has 0 unspecified atom stereocenters. The van der Waals surface area contributed by atoms with Crippen molar-refractivity contribution in [2.45, 2.75) is 31.9 Å². The van der Waals surface area contributed by atoms with Crippen molar-refractivity contribution in [3.8, 4) is 0 Å². The summed E-state index contributed by atoms with van der Waals surface area (Å²) in [6, 6.07) is 5.59. The molecule has 1 atom stereocenters. The number of rotatable bonds is 6. The first-order valence-electron chi connectivity index (χ1n) is 7.27. The third kappa shape index (κ3) is 5.33. The minimum absolute atomic E-state index is 0.184. The molecule has 25 heavy (non-hydrogen) atoms. The Kier molecular flexibility index (Phi) is 5.45. The zero-order valence-corrected chi connectivity index (χ0v) is 13.1. The van der Waals surface area contributed by atoms with Gasteiger partial charge in [0.25, 0.3) is 0 Å². The smallest absolute Gasteiger partial charge is 0.416 e. The number of carboxylic acid groups (broad SMARTS) is 1. The number of benzene rings is 1. The summed E-state index contributed by atoms with van der Waals surface area (Å²) in [5.41, 5.74) is -0.505. The highest BCUT2D eigenvalue weighted by Crippen LogP contribution is 2.31. The fraction of sp³-hybridized carbons (Fsp3) is 0.312. The molecule has 2 N–H and O–H groups in total. The Bertz CT molecular complexity index is 753. The largest absolute Gasteiger partial charge is 0.481 e. The van der Waals surface area contributed by atoms with E-state index in [1.165, 1.54) is 18.2 Å². The summed E-state index contributed by atoms with van der Waals surface area (Å²) in [6.45, 7) is 1.64. The maximum atomic E-state index is 12.6. The molecule has 1 amide bonds. The van der Waals surface area contributed by atoms with Gasteiger partial charge in [0.1, 0.15) is 5.76 Å². The van der Waals surface area contributed by atoms with E-state index >= 15 is 0 Å². The molecule has 2 aromatic rings. The van der Waals surface area contributed by atoms with Crippen molar-refractivity contribution < 1.29 is 32.4 Å². The second-order valence-corrected chi connectivity index (χ2v) is 5.49. The summed E-state index contributed by atoms with van der Waals surface area (Å²) in [7, 11) is 0. The van der Waals surface area contributed by atoms with Crippen molar-refractivity contribution in [2.75, 3.05) is 5.32 Å². The van der Waals surface area contributed by atoms with E-state index in [0.29, 0.717) is 11.3 Å². The number of hydrogen-bond acceptors (Lipinski definition) is 4. The lowest BCUT2D eigenvalue weighted by Crippen LogP contribution is -2.18. The van der Waals surface area contributed by atoms with Crippen LogP contribution in [0, 0.1) is 6.92 Å². The first kappa shape index (κ1) is 18.5. The van der Waals surface area contributed by atoms with Gasteiger partial charge in [-0.1, -0.05) is 17.3 Å². The van der Waals surface area contributed by atoms with Crippen molar-refractivity contribution in [3.63, 3.8) is 0 Å². The second kappa shape index (κ2) is 7.37. The molecule has 0 aliphatic carbocycles. The van der Waals surface area contributed by atoms with E-state index in [-0.39, 0.29) is 12.2 Å². The number of anilines is 1. The topological polar surface area (TPSA) is 92.4 Å². The number of aromatic nitrogens is 1. The van der Waals surface area contributed by atoms with Crippen LogP contribution in [0.3, 0.4) is 0 Å². The highest BCUT2D eigenvalue weighted by Gasteiger charge is 2.30. The molecule has 0 aliphatic rings. The van der Waals surface area contributed by atoms with Gasteiger partial charge in [0.05, 0.1) is 12.0 Å². The summed E-state index contributed by atoms with van der Waals surface area (Å²) >= 11 is 0. The van der Waals surface area contributed by atoms with Gasteiger partial charge < -0.3 is 14.9 Å². The quantitative estimate of drug-likeness (QED) is 0.825. The molecule has 0 radical (unpaired) electrons. The van der Waals surface area contributed by atoms with E-state index in [0.717, 1.165) is 12.1 Å². The predicted molar refractivity (Wildman–Crippen MR) is 80.9 cm³/mol. The van der Waals surface area contributed by atoms with Crippen LogP contribution in [0.4, 0.5) is 19.0 Å². The second-order valence-electron chi connectivity index (χ2n) is 5.49. The Balaban J connectivity index is 2.12. The zero-order valence-electron chi connectivity index (χ0n) is 13.1. The van der Waals surface area contributed by atoms with Gasteiger partial charge in [-0.3, -0.25) is 9.59 Å². The van der Waals surface area contributed by atoms with E-state index in [1.807, 2.05) is 0 Å². The Morgan fingerprint density at radius 1 is 1.24 bits per heavy atom. The normalized spacial score (nSPS) is 12.6. The van der Waals surface area contributed by atoms with E-state index in [9.17, 15) is 22.8 Å². The monoisotopic (exact) mass is 356 g/mol. The van der Waals surface area contributed by atoms with Gasteiger partial charge in [-0.15, -0.1) is 0 Å². The molecule has 2 rings (SSSR count). The van der Waals surface area contributed by atoms with Crippen LogP contribution in [-0.2, 0) is 15.8 Å². The van der Waals surface area contributed by atoms with Gasteiger partial charge >= 0.3 is 12.1 Å². The van der Waals surface area contributed by atoms with Crippen LogP contribution in [0.15, 0.2) is 34.9 Å². The van der Waals surface area contributed by atoms with Crippen LogP contribution in [0.25, 0.3) is 0 Å². The fourth-order valence-corrected chi connectivity index (χ4v) is 2.31. The molecule has 134 valence electrons. The zero-order chi connectivity index (χ0) is 18.6. The van der Waals surface area contributed by atoms with E-state index in [2.05, 4.69) is 10.5 Å². The average molecular weight is 356 g/mol. The Morgan fingerprint density at radius 3 is 2.36 bits per heavy atom. The molecule has 0 saturated heterocycles. The fourth-order valence-electron chi connectivity index (χ4n) is 2.31. The third-order valence-corrected chi connectivity index (χ3v) is 3.46. The number of carbonyl (C=O) groups excluding carboxylic acids is 1. The lowest BCUT2D eigenvalue weighted by atomic mass is 9.91. The number of aliphatic carboxylic acids is 1. The maximum Gasteiger partial charge on any atom is 0.416 e. The van der Waals surface area contributed by atoms with Crippen molar-refractivity contribution in [3.05, 3.63) is 47.2 Å². The summed E-state index contributed by atoms with van der Waals surface area (Å²) in [6.07, 6.45) is -5.09. The standard InChI is InChI=1S/C16H15F3N2O4/c1-9-6-13(21-25-9)20-14(22)7-11(8-15(23)24)10-2-4-12(5-3-10)16(17,18)19/h2-6,11H,7-8H2,1H3,(H,23,24)(H,20,21,22)/t11-/m0/s1. The van der Waals surface area contributed by atoms with E-state index in [4.69, 9.17) is 9.63 Å². The summed E-state index contributed by atoms with van der Waals surface area (Å²) in [4.78, 5) is 23.1. The number of nitrogens with one attached hydrogen (secondary N) is 1. The highest BCUT2D eigenvalue weighted by molar-refractivity contribution is 5.90. The molecule has 1 aromatic carbocycles. The van der Waals surface area contributed by atoms with Gasteiger partial charge in [0.2, 0.25) is 5.91 Å². The minimum atomic E-state index is -4.48. The van der Waals surface area contributed by atoms with Crippen LogP contribution in [0.2, 0.25) is 0 Å². The molecular weight excluding hydrogens is 341 g/mol. The number of carbonyl (C=O) groups is 2. The molecule has 6 nitrogen and oxygen atoms in total. The molecule has 0 fully saturated rings. The molecule has 0 aliphatic heterocycles. The Labute approximate surface area is 140 Å². The Hall–Kier alpha value is -2.84. The molecule has 1 aromatic heterocycles. The number of carboxylic acids is 1. The maximum absolute atomic E-state index is 12.6. The summed E-state index contributed by atoms with van der Waals surface area (Å²) < 4.78 is 42.6. The van der Waals surface area contributed by atoms with Crippen molar-refractivity contribution in [1.29, 1.82) is 0 Å². The van der Waals surface area contributed by atoms with Crippen molar-refractivity contribution >= 4 is 17.7 Å². The van der Waals surface area contributed by atoms with Crippen molar-refractivity contribution in [1.82, 2.24) is 5.16 Å². The van der Waals surface area contributed by atoms with E-state index < -0.39 is 36.0 Å². The molecular formula is C16H15F3N2O4. The van der Waals surface area contributed by atoms with Gasteiger partial charge in [-0.05, 0) is 24.6 Å². The van der Waals surface area contributed by atoms with Crippen LogP contribution < -0.4 is 5.32 Å². The number of alkyl halides is 3. The predicted octanol–water partition coefficient (Wildman–Crippen LogP) is 3.59. The van der Waals surface area contributed by atoms with Gasteiger partial charge in [0.15, 0.2) is 5.82 Å². The average Bonchev–Trinajstić information content (AvgIpc) is 2.90. The molecule has 0 saturated carbocycles. The lowest BCUT2D eigenvalue weighted by Gasteiger charge is -2.16. The van der Waals surface area contributed by atoms with Crippen LogP contribution >= 0.6 is 0 Å². The summed E-state index contributed by atoms with van der Waals surface area (Å²) in [5.74, 6) is -1.77. The van der Waals surface area contributed by atoms with E-state index in [1.54, 1.807) is 6.92 Å². The van der Waals surface area contributed by atoms with Gasteiger partial charge in [-0.2, -0.15) is 13.2 Å². The SMILES string of the molecule is Cc1cc(NC(=O)C[C@@H](CC(=O)O)c2ccc(C(F)(F)F)cc2)no1. The molecule has 9 heteroatoms. The number of amides is 1. The van der Waals surface area contributed by atoms with Crippen LogP contribution in [0.5, 0.6) is 0 Å². The van der Waals surface area contributed by atoms with Crippen LogP contribution in [-0.4, -0.2) is 22.1 Å². The number of aryl methyl sites for hydroxylation is 1. The molecule has 1 heterocycles. The number of nitrogens with zero attached hydrogens (tertiary/aromatic N) is 1. The third-order valence-electron chi connectivity index (χ3n) is 3.46. The lowest BCUT2D eigenvalue weighted by molar-refractivity contribution is -0.138. The van der Waals surface area contributed by atoms with Crippen molar-refractivity contribution in [2.24, 2.45) is 0 Å². The first-order chi connectivity index (χ1) is 11.6. The first-order valence-corrected chi connectivity index (χ1v) is 7.27. The highest BCUT2D eigenvalue weighted by atomic mass is 19.4.